The molecule has 16 heavy (non-hydrogen) atoms. The Morgan fingerprint density at radius 3 is 2.75 bits per heavy atom. The summed E-state index contributed by atoms with van der Waals surface area (Å²) in [5.41, 5.74) is 0.865. The Balaban J connectivity index is 3.20. The van der Waals surface area contributed by atoms with E-state index in [-0.39, 0.29) is 11.3 Å². The maximum absolute atomic E-state index is 11.4. The third-order valence-electron chi connectivity index (χ3n) is 2.07. The van der Waals surface area contributed by atoms with Crippen molar-refractivity contribution in [2.24, 2.45) is 0 Å². The molecule has 0 saturated heterocycles. The van der Waals surface area contributed by atoms with Gasteiger partial charge in [0, 0.05) is 17.5 Å². The summed E-state index contributed by atoms with van der Waals surface area (Å²) in [6, 6.07) is 4.19. The van der Waals surface area contributed by atoms with Crippen LogP contribution in [0.4, 0.5) is 5.69 Å². The number of ether oxygens (including phenoxy) is 1. The Morgan fingerprint density at radius 2 is 2.25 bits per heavy atom. The zero-order chi connectivity index (χ0) is 12.1. The number of nitrogens with zero attached hydrogens (tertiary/aromatic N) is 1. The molecule has 0 N–H and O–H groups in total. The minimum atomic E-state index is -0.556. The molecule has 5 nitrogen and oxygen atoms in total. The smallest absolute Gasteiger partial charge is 0.338 e. The van der Waals surface area contributed by atoms with Gasteiger partial charge in [-0.3, -0.25) is 10.1 Å². The number of carbonyl (C=O) groups is 1. The first kappa shape index (κ1) is 12.6. The van der Waals surface area contributed by atoms with Crippen LogP contribution in [0.25, 0.3) is 0 Å². The fourth-order valence-corrected chi connectivity index (χ4v) is 1.72. The summed E-state index contributed by atoms with van der Waals surface area (Å²) in [6.07, 6.45) is 0.614. The molecule has 0 aliphatic heterocycles. The molecule has 86 valence electrons. The van der Waals surface area contributed by atoms with Gasteiger partial charge in [-0.05, 0) is 12.0 Å². The molecular weight excluding hydrogens is 278 g/mol. The number of hydrogen-bond donors (Lipinski definition) is 0. The third kappa shape index (κ3) is 2.79. The van der Waals surface area contributed by atoms with Crippen LogP contribution in [0.1, 0.15) is 15.9 Å². The van der Waals surface area contributed by atoms with Gasteiger partial charge in [0.05, 0.1) is 17.6 Å². The van der Waals surface area contributed by atoms with E-state index in [1.54, 1.807) is 6.07 Å². The Kier molecular flexibility index (Phi) is 4.42. The number of benzene rings is 1. The van der Waals surface area contributed by atoms with Gasteiger partial charge in [0.2, 0.25) is 0 Å². The highest BCUT2D eigenvalue weighted by Crippen LogP contribution is 2.19. The van der Waals surface area contributed by atoms with Gasteiger partial charge in [0.25, 0.3) is 5.69 Å². The van der Waals surface area contributed by atoms with Crippen LogP contribution in [-0.4, -0.2) is 23.3 Å². The number of rotatable bonds is 4. The molecule has 1 rings (SSSR count). The van der Waals surface area contributed by atoms with Crippen LogP contribution >= 0.6 is 15.9 Å². The second-order valence-electron chi connectivity index (χ2n) is 3.03. The number of methoxy groups -OCH3 is 1. The number of nitro benzene ring substituents is 1. The van der Waals surface area contributed by atoms with Gasteiger partial charge in [0.1, 0.15) is 0 Å². The summed E-state index contributed by atoms with van der Waals surface area (Å²) in [4.78, 5) is 21.5. The average Bonchev–Trinajstić information content (AvgIpc) is 2.28. The predicted molar refractivity (Wildman–Crippen MR) is 61.9 cm³/mol. The third-order valence-corrected chi connectivity index (χ3v) is 2.47. The highest BCUT2D eigenvalue weighted by atomic mass is 79.9. The fraction of sp³-hybridized carbons (Fsp3) is 0.300. The topological polar surface area (TPSA) is 69.4 Å². The summed E-state index contributed by atoms with van der Waals surface area (Å²) in [6.45, 7) is 0. The molecule has 0 unspecified atom stereocenters. The number of esters is 1. The Labute approximate surface area is 101 Å². The largest absolute Gasteiger partial charge is 0.465 e. The van der Waals surface area contributed by atoms with Gasteiger partial charge in [-0.15, -0.1) is 0 Å². The second kappa shape index (κ2) is 5.60. The van der Waals surface area contributed by atoms with Crippen molar-refractivity contribution in [3.05, 3.63) is 39.4 Å². The van der Waals surface area contributed by atoms with Gasteiger partial charge in [0.15, 0.2) is 0 Å². The van der Waals surface area contributed by atoms with Crippen LogP contribution in [0.15, 0.2) is 18.2 Å². The van der Waals surface area contributed by atoms with E-state index in [9.17, 15) is 14.9 Å². The number of nitro groups is 1. The van der Waals surface area contributed by atoms with Crippen molar-refractivity contribution < 1.29 is 14.5 Å². The summed E-state index contributed by atoms with van der Waals surface area (Å²) in [7, 11) is 1.25. The minimum Gasteiger partial charge on any atom is -0.465 e. The molecule has 0 aromatic heterocycles. The van der Waals surface area contributed by atoms with Crippen molar-refractivity contribution >= 4 is 27.6 Å². The molecule has 0 fully saturated rings. The summed E-state index contributed by atoms with van der Waals surface area (Å²) in [5, 5.41) is 11.3. The van der Waals surface area contributed by atoms with E-state index >= 15 is 0 Å². The minimum absolute atomic E-state index is 0.112. The molecule has 0 aliphatic carbocycles. The summed E-state index contributed by atoms with van der Waals surface area (Å²) >= 11 is 3.25. The second-order valence-corrected chi connectivity index (χ2v) is 3.82. The van der Waals surface area contributed by atoms with Crippen molar-refractivity contribution in [2.45, 2.75) is 6.42 Å². The van der Waals surface area contributed by atoms with E-state index in [0.29, 0.717) is 11.8 Å². The predicted octanol–water partition coefficient (Wildman–Crippen LogP) is 2.32. The van der Waals surface area contributed by atoms with E-state index in [1.807, 2.05) is 0 Å². The molecule has 6 heteroatoms. The molecule has 0 spiro atoms. The van der Waals surface area contributed by atoms with Crippen LogP contribution in [-0.2, 0) is 11.2 Å². The normalized spacial score (nSPS) is 9.88. The zero-order valence-electron chi connectivity index (χ0n) is 8.60. The van der Waals surface area contributed by atoms with Crippen LogP contribution in [0.5, 0.6) is 0 Å². The van der Waals surface area contributed by atoms with Crippen LogP contribution < -0.4 is 0 Å². The van der Waals surface area contributed by atoms with E-state index in [2.05, 4.69) is 20.7 Å². The van der Waals surface area contributed by atoms with E-state index in [4.69, 9.17) is 0 Å². The lowest BCUT2D eigenvalue weighted by molar-refractivity contribution is -0.384. The molecule has 0 heterocycles. The maximum Gasteiger partial charge on any atom is 0.338 e. The standard InChI is InChI=1S/C10H10BrNO4/c1-16-10(13)9-6-8(12(14)15)3-2-7(9)4-5-11/h2-3,6H,4-5H2,1H3. The first-order chi connectivity index (χ1) is 7.60. The van der Waals surface area contributed by atoms with Crippen molar-refractivity contribution in [2.75, 3.05) is 12.4 Å². The molecule has 0 atom stereocenters. The SMILES string of the molecule is COC(=O)c1cc([N+](=O)[O-])ccc1CCBr. The van der Waals surface area contributed by atoms with E-state index in [0.717, 1.165) is 5.56 Å². The number of alkyl halides is 1. The number of aryl methyl sites for hydroxylation is 1. The maximum atomic E-state index is 11.4. The lowest BCUT2D eigenvalue weighted by Gasteiger charge is -2.05. The highest BCUT2D eigenvalue weighted by Gasteiger charge is 2.16. The number of halogens is 1. The van der Waals surface area contributed by atoms with Crippen LogP contribution in [0.2, 0.25) is 0 Å². The molecular formula is C10H10BrNO4. The van der Waals surface area contributed by atoms with Gasteiger partial charge in [-0.1, -0.05) is 22.0 Å². The quantitative estimate of drug-likeness (QED) is 0.369. The van der Waals surface area contributed by atoms with Crippen molar-refractivity contribution in [3.63, 3.8) is 0 Å². The van der Waals surface area contributed by atoms with Gasteiger partial charge >= 0.3 is 5.97 Å². The molecule has 0 saturated carbocycles. The first-order valence-electron chi connectivity index (χ1n) is 4.51. The molecule has 0 radical (unpaired) electrons. The molecule has 1 aromatic rings. The number of carbonyl (C=O) groups excluding carboxylic acids is 1. The summed E-state index contributed by atoms with van der Waals surface area (Å²) < 4.78 is 4.58. The monoisotopic (exact) mass is 287 g/mol. The van der Waals surface area contributed by atoms with Crippen molar-refractivity contribution in [1.82, 2.24) is 0 Å². The van der Waals surface area contributed by atoms with Gasteiger partial charge in [-0.25, -0.2) is 4.79 Å². The Bertz CT molecular complexity index is 419. The average molecular weight is 288 g/mol. The number of non-ortho nitro benzene ring substituents is 1. The first-order valence-corrected chi connectivity index (χ1v) is 5.64. The molecule has 0 aliphatic rings. The summed E-state index contributed by atoms with van der Waals surface area (Å²) in [5.74, 6) is -0.556. The van der Waals surface area contributed by atoms with Gasteiger partial charge < -0.3 is 4.74 Å². The van der Waals surface area contributed by atoms with Crippen molar-refractivity contribution in [1.29, 1.82) is 0 Å². The van der Waals surface area contributed by atoms with Crippen molar-refractivity contribution in [3.8, 4) is 0 Å². The molecule has 0 amide bonds. The highest BCUT2D eigenvalue weighted by molar-refractivity contribution is 9.09. The molecule has 1 aromatic carbocycles. The Morgan fingerprint density at radius 1 is 1.56 bits per heavy atom. The Hall–Kier alpha value is -1.43. The molecule has 0 bridgehead atoms. The number of hydrogen-bond acceptors (Lipinski definition) is 4. The van der Waals surface area contributed by atoms with Crippen LogP contribution in [0, 0.1) is 10.1 Å². The zero-order valence-corrected chi connectivity index (χ0v) is 10.2. The van der Waals surface area contributed by atoms with E-state index < -0.39 is 10.9 Å². The van der Waals surface area contributed by atoms with Crippen LogP contribution in [0.3, 0.4) is 0 Å². The lowest BCUT2D eigenvalue weighted by atomic mass is 10.0. The lowest BCUT2D eigenvalue weighted by Crippen LogP contribution is -2.07. The fourth-order valence-electron chi connectivity index (χ4n) is 1.30. The van der Waals surface area contributed by atoms with Gasteiger partial charge in [-0.2, -0.15) is 0 Å². The van der Waals surface area contributed by atoms with E-state index in [1.165, 1.54) is 19.2 Å².